The highest BCUT2D eigenvalue weighted by atomic mass is 16.5. The van der Waals surface area contributed by atoms with Gasteiger partial charge in [-0.15, -0.1) is 0 Å². The quantitative estimate of drug-likeness (QED) is 0.849. The van der Waals surface area contributed by atoms with E-state index in [0.717, 1.165) is 11.1 Å². The molecule has 1 spiro atoms. The molecule has 1 unspecified atom stereocenters. The Morgan fingerprint density at radius 2 is 1.89 bits per heavy atom. The molecule has 150 valence electrons. The van der Waals surface area contributed by atoms with Crippen molar-refractivity contribution in [3.8, 4) is 0 Å². The lowest BCUT2D eigenvalue weighted by Crippen LogP contribution is -2.54. The monoisotopic (exact) mass is 385 g/mol. The number of amides is 1. The van der Waals surface area contributed by atoms with Crippen molar-refractivity contribution in [2.45, 2.75) is 57.3 Å². The molecule has 0 aliphatic carbocycles. The number of benzene rings is 1. The first-order valence-corrected chi connectivity index (χ1v) is 9.89. The van der Waals surface area contributed by atoms with Gasteiger partial charge in [-0.1, -0.05) is 18.2 Å². The predicted molar refractivity (Wildman–Crippen MR) is 105 cm³/mol. The normalized spacial score (nSPS) is 24.6. The highest BCUT2D eigenvalue weighted by Gasteiger charge is 2.44. The van der Waals surface area contributed by atoms with Crippen molar-refractivity contribution in [1.82, 2.24) is 14.7 Å². The molecule has 3 heterocycles. The SMILES string of the molecule is Cc1nn(CC(=O)N2CCC3(CC2)CC(C)(O)CCO3)c(=O)c2ccccc12. The number of aliphatic hydroxyl groups is 1. The van der Waals surface area contributed by atoms with Crippen LogP contribution in [0.2, 0.25) is 0 Å². The van der Waals surface area contributed by atoms with E-state index in [4.69, 9.17) is 4.74 Å². The molecule has 28 heavy (non-hydrogen) atoms. The summed E-state index contributed by atoms with van der Waals surface area (Å²) in [7, 11) is 0. The van der Waals surface area contributed by atoms with Crippen LogP contribution in [0.1, 0.15) is 38.3 Å². The summed E-state index contributed by atoms with van der Waals surface area (Å²) in [5.74, 6) is -0.110. The second-order valence-corrected chi connectivity index (χ2v) is 8.43. The van der Waals surface area contributed by atoms with E-state index in [0.29, 0.717) is 50.8 Å². The molecule has 0 radical (unpaired) electrons. The van der Waals surface area contributed by atoms with E-state index < -0.39 is 5.60 Å². The van der Waals surface area contributed by atoms with Gasteiger partial charge >= 0.3 is 0 Å². The van der Waals surface area contributed by atoms with Crippen molar-refractivity contribution in [1.29, 1.82) is 0 Å². The molecule has 1 amide bonds. The molecule has 2 saturated heterocycles. The van der Waals surface area contributed by atoms with Crippen molar-refractivity contribution in [3.63, 3.8) is 0 Å². The van der Waals surface area contributed by atoms with Gasteiger partial charge in [-0.05, 0) is 39.2 Å². The number of carbonyl (C=O) groups is 1. The Bertz CT molecular complexity index is 958. The number of hydrogen-bond acceptors (Lipinski definition) is 5. The van der Waals surface area contributed by atoms with Crippen LogP contribution in [-0.2, 0) is 16.1 Å². The lowest BCUT2D eigenvalue weighted by molar-refractivity contribution is -0.175. The second-order valence-electron chi connectivity index (χ2n) is 8.43. The summed E-state index contributed by atoms with van der Waals surface area (Å²) in [5.41, 5.74) is -0.551. The van der Waals surface area contributed by atoms with Gasteiger partial charge < -0.3 is 14.7 Å². The first-order chi connectivity index (χ1) is 13.3. The molecule has 2 aromatic rings. The summed E-state index contributed by atoms with van der Waals surface area (Å²) in [4.78, 5) is 27.3. The van der Waals surface area contributed by atoms with Crippen molar-refractivity contribution >= 4 is 16.7 Å². The van der Waals surface area contributed by atoms with Gasteiger partial charge in [0.2, 0.25) is 5.91 Å². The van der Waals surface area contributed by atoms with Crippen molar-refractivity contribution in [3.05, 3.63) is 40.3 Å². The largest absolute Gasteiger partial charge is 0.390 e. The summed E-state index contributed by atoms with van der Waals surface area (Å²) in [6.07, 6.45) is 2.65. The maximum atomic E-state index is 12.8. The predicted octanol–water partition coefficient (Wildman–Crippen LogP) is 1.63. The van der Waals surface area contributed by atoms with E-state index in [1.54, 1.807) is 11.0 Å². The lowest BCUT2D eigenvalue weighted by atomic mass is 9.78. The van der Waals surface area contributed by atoms with Crippen molar-refractivity contribution in [2.24, 2.45) is 0 Å². The number of aryl methyl sites for hydroxylation is 1. The third-order valence-corrected chi connectivity index (χ3v) is 6.12. The van der Waals surface area contributed by atoms with Crippen molar-refractivity contribution < 1.29 is 14.6 Å². The molecule has 1 aromatic heterocycles. The van der Waals surface area contributed by atoms with Crippen LogP contribution in [-0.4, -0.2) is 56.6 Å². The number of hydrogen-bond donors (Lipinski definition) is 1. The summed E-state index contributed by atoms with van der Waals surface area (Å²) < 4.78 is 7.28. The molecule has 0 bridgehead atoms. The van der Waals surface area contributed by atoms with Gasteiger partial charge in [0.25, 0.3) is 5.56 Å². The molecule has 0 saturated carbocycles. The average molecular weight is 385 g/mol. The fourth-order valence-corrected chi connectivity index (χ4v) is 4.55. The molecular weight excluding hydrogens is 358 g/mol. The highest BCUT2D eigenvalue weighted by Crippen LogP contribution is 2.39. The number of rotatable bonds is 2. The van der Waals surface area contributed by atoms with Gasteiger partial charge in [0.1, 0.15) is 6.54 Å². The first kappa shape index (κ1) is 19.1. The van der Waals surface area contributed by atoms with E-state index in [2.05, 4.69) is 5.10 Å². The van der Waals surface area contributed by atoms with Crippen molar-refractivity contribution in [2.75, 3.05) is 19.7 Å². The molecule has 1 N–H and O–H groups in total. The van der Waals surface area contributed by atoms with Crippen LogP contribution < -0.4 is 5.56 Å². The topological polar surface area (TPSA) is 84.7 Å². The zero-order valence-electron chi connectivity index (χ0n) is 16.5. The van der Waals surface area contributed by atoms with Crippen LogP contribution in [0.3, 0.4) is 0 Å². The van der Waals surface area contributed by atoms with E-state index in [1.165, 1.54) is 4.68 Å². The molecule has 1 atom stereocenters. The van der Waals surface area contributed by atoms with Crippen LogP contribution in [0.15, 0.2) is 29.1 Å². The lowest BCUT2D eigenvalue weighted by Gasteiger charge is -2.48. The molecule has 7 heteroatoms. The minimum absolute atomic E-state index is 0.0594. The molecular formula is C21H27N3O4. The summed E-state index contributed by atoms with van der Waals surface area (Å²) in [5, 5.41) is 16.1. The minimum Gasteiger partial charge on any atom is -0.390 e. The Morgan fingerprint density at radius 1 is 1.21 bits per heavy atom. The maximum absolute atomic E-state index is 12.8. The Balaban J connectivity index is 1.46. The summed E-state index contributed by atoms with van der Waals surface area (Å²) in [6, 6.07) is 7.33. The van der Waals surface area contributed by atoms with Crippen LogP contribution in [0.4, 0.5) is 0 Å². The fraction of sp³-hybridized carbons (Fsp3) is 0.571. The molecule has 2 fully saturated rings. The molecule has 7 nitrogen and oxygen atoms in total. The number of ether oxygens (including phenoxy) is 1. The number of carbonyl (C=O) groups excluding carboxylic acids is 1. The van der Waals surface area contributed by atoms with E-state index in [9.17, 15) is 14.7 Å². The Labute approximate surface area is 163 Å². The Hall–Kier alpha value is -2.25. The number of fused-ring (bicyclic) bond motifs is 1. The number of piperidine rings is 1. The smallest absolute Gasteiger partial charge is 0.275 e. The van der Waals surface area contributed by atoms with Crippen LogP contribution >= 0.6 is 0 Å². The number of aromatic nitrogens is 2. The minimum atomic E-state index is -0.704. The Morgan fingerprint density at radius 3 is 2.57 bits per heavy atom. The number of likely N-dealkylation sites (tertiary alicyclic amines) is 1. The zero-order chi connectivity index (χ0) is 19.9. The third kappa shape index (κ3) is 3.56. The fourth-order valence-electron chi connectivity index (χ4n) is 4.55. The maximum Gasteiger partial charge on any atom is 0.275 e. The molecule has 4 rings (SSSR count). The Kier molecular flexibility index (Phi) is 4.75. The van der Waals surface area contributed by atoms with E-state index >= 15 is 0 Å². The van der Waals surface area contributed by atoms with Crippen LogP contribution in [0, 0.1) is 6.92 Å². The van der Waals surface area contributed by atoms with Crippen LogP contribution in [0.5, 0.6) is 0 Å². The van der Waals surface area contributed by atoms with Gasteiger partial charge in [-0.3, -0.25) is 9.59 Å². The summed E-state index contributed by atoms with van der Waals surface area (Å²) in [6.45, 7) is 5.33. The summed E-state index contributed by atoms with van der Waals surface area (Å²) >= 11 is 0. The van der Waals surface area contributed by atoms with Gasteiger partial charge in [0, 0.05) is 24.9 Å². The van der Waals surface area contributed by atoms with Crippen LogP contribution in [0.25, 0.3) is 10.8 Å². The average Bonchev–Trinajstić information content (AvgIpc) is 2.65. The van der Waals surface area contributed by atoms with E-state index in [1.807, 2.05) is 32.0 Å². The standard InChI is InChI=1S/C21H27N3O4/c1-15-16-5-3-4-6-17(16)19(26)24(22-15)13-18(25)23-10-7-21(8-11-23)14-20(2,27)9-12-28-21/h3-6,27H,7-14H2,1-2H3. The van der Waals surface area contributed by atoms with Gasteiger partial charge in [-0.25, -0.2) is 4.68 Å². The molecule has 2 aliphatic rings. The second kappa shape index (κ2) is 6.97. The highest BCUT2D eigenvalue weighted by molar-refractivity contribution is 5.83. The third-order valence-electron chi connectivity index (χ3n) is 6.12. The van der Waals surface area contributed by atoms with Gasteiger partial charge in [0.15, 0.2) is 0 Å². The molecule has 1 aromatic carbocycles. The van der Waals surface area contributed by atoms with Gasteiger partial charge in [-0.2, -0.15) is 5.10 Å². The van der Waals surface area contributed by atoms with E-state index in [-0.39, 0.29) is 23.6 Å². The molecule has 2 aliphatic heterocycles. The first-order valence-electron chi connectivity index (χ1n) is 9.89. The number of nitrogens with zero attached hydrogens (tertiary/aromatic N) is 3. The van der Waals surface area contributed by atoms with Gasteiger partial charge in [0.05, 0.1) is 28.9 Å². The zero-order valence-corrected chi connectivity index (χ0v) is 16.5.